The van der Waals surface area contributed by atoms with Crippen LogP contribution in [0.3, 0.4) is 0 Å². The van der Waals surface area contributed by atoms with Crippen molar-refractivity contribution in [3.63, 3.8) is 0 Å². The maximum Gasteiger partial charge on any atom is 0.0462 e. The second kappa shape index (κ2) is 25.1. The van der Waals surface area contributed by atoms with Crippen molar-refractivity contribution in [2.75, 3.05) is 9.80 Å². The van der Waals surface area contributed by atoms with E-state index in [2.05, 4.69) is 230 Å². The van der Waals surface area contributed by atoms with Crippen LogP contribution in [0.1, 0.15) is 124 Å². The van der Waals surface area contributed by atoms with E-state index in [1.165, 1.54) is 122 Å². The van der Waals surface area contributed by atoms with Crippen LogP contribution < -0.4 is 9.80 Å². The number of anilines is 6. The summed E-state index contributed by atoms with van der Waals surface area (Å²) >= 11 is 0. The third-order valence-corrected chi connectivity index (χ3v) is 12.2. The summed E-state index contributed by atoms with van der Waals surface area (Å²) in [6, 6.07) is 66.2. The van der Waals surface area contributed by atoms with Crippen molar-refractivity contribution in [3.05, 3.63) is 215 Å². The molecule has 7 aromatic rings. The number of hydrogen-bond donors (Lipinski definition) is 0. The lowest BCUT2D eigenvalue weighted by atomic mass is 10.0. The minimum atomic E-state index is 1.15. The Balaban J connectivity index is 0.952. The number of hydrogen-bond acceptors (Lipinski definition) is 2. The Labute approximate surface area is 385 Å². The van der Waals surface area contributed by atoms with Gasteiger partial charge >= 0.3 is 0 Å². The van der Waals surface area contributed by atoms with Gasteiger partial charge in [0.2, 0.25) is 0 Å². The zero-order valence-corrected chi connectivity index (χ0v) is 38.4. The second-order valence-electron chi connectivity index (χ2n) is 17.2. The molecule has 0 aliphatic heterocycles. The first-order valence-electron chi connectivity index (χ1n) is 24.2. The molecule has 0 N–H and O–H groups in total. The summed E-state index contributed by atoms with van der Waals surface area (Å²) in [7, 11) is 0. The molecule has 64 heavy (non-hydrogen) atoms. The van der Waals surface area contributed by atoms with Crippen LogP contribution in [0.4, 0.5) is 34.1 Å². The predicted molar refractivity (Wildman–Crippen MR) is 281 cm³/mol. The molecule has 2 nitrogen and oxygen atoms in total. The zero-order valence-electron chi connectivity index (χ0n) is 38.4. The molecule has 0 saturated carbocycles. The van der Waals surface area contributed by atoms with Gasteiger partial charge in [-0.05, 0) is 132 Å². The van der Waals surface area contributed by atoms with E-state index in [0.717, 1.165) is 35.6 Å². The molecule has 0 radical (unpaired) electrons. The minimum Gasteiger partial charge on any atom is -0.311 e. The molecule has 0 aliphatic carbocycles. The van der Waals surface area contributed by atoms with Crippen LogP contribution in [0.25, 0.3) is 24.3 Å². The summed E-state index contributed by atoms with van der Waals surface area (Å²) in [6.45, 7) is 4.56. The van der Waals surface area contributed by atoms with Crippen LogP contribution in [0.2, 0.25) is 0 Å². The van der Waals surface area contributed by atoms with Crippen molar-refractivity contribution in [2.24, 2.45) is 0 Å². The summed E-state index contributed by atoms with van der Waals surface area (Å²) in [5, 5.41) is 0. The predicted octanol–water partition coefficient (Wildman–Crippen LogP) is 18.8. The van der Waals surface area contributed by atoms with Gasteiger partial charge in [0.05, 0.1) is 0 Å². The van der Waals surface area contributed by atoms with Crippen molar-refractivity contribution in [3.8, 4) is 0 Å². The maximum absolute atomic E-state index is 2.35. The Morgan fingerprint density at radius 2 is 0.516 bits per heavy atom. The Hall–Kier alpha value is -6.38. The molecule has 326 valence electrons. The van der Waals surface area contributed by atoms with Crippen LogP contribution >= 0.6 is 0 Å². The number of para-hydroxylation sites is 2. The molecule has 0 aliphatic rings. The van der Waals surface area contributed by atoms with Crippen LogP contribution in [-0.4, -0.2) is 0 Å². The second-order valence-corrected chi connectivity index (χ2v) is 17.2. The average molecular weight is 841 g/mol. The van der Waals surface area contributed by atoms with Crippen LogP contribution in [0.15, 0.2) is 182 Å². The Morgan fingerprint density at radius 3 is 0.828 bits per heavy atom. The van der Waals surface area contributed by atoms with E-state index in [1.54, 1.807) is 0 Å². The van der Waals surface area contributed by atoms with Gasteiger partial charge in [-0.1, -0.05) is 212 Å². The van der Waals surface area contributed by atoms with Crippen molar-refractivity contribution >= 4 is 58.4 Å². The van der Waals surface area contributed by atoms with E-state index in [-0.39, 0.29) is 0 Å². The first kappa shape index (κ1) is 45.6. The summed E-state index contributed by atoms with van der Waals surface area (Å²) in [5.41, 5.74) is 14.5. The number of rotatable bonds is 24. The third-order valence-electron chi connectivity index (χ3n) is 12.2. The Kier molecular flexibility index (Phi) is 17.9. The van der Waals surface area contributed by atoms with Gasteiger partial charge in [-0.3, -0.25) is 0 Å². The van der Waals surface area contributed by atoms with Crippen LogP contribution in [0, 0.1) is 0 Å². The first-order chi connectivity index (χ1) is 31.7. The molecular formula is C62H68N2. The van der Waals surface area contributed by atoms with Gasteiger partial charge in [0.25, 0.3) is 0 Å². The van der Waals surface area contributed by atoms with E-state index in [0.29, 0.717) is 0 Å². The maximum atomic E-state index is 2.35. The number of unbranched alkanes of at least 4 members (excludes halogenated alkanes) is 10. The molecule has 0 saturated heterocycles. The quantitative estimate of drug-likeness (QED) is 0.0442. The molecule has 0 spiro atoms. The van der Waals surface area contributed by atoms with Gasteiger partial charge in [-0.25, -0.2) is 0 Å². The SMILES string of the molecule is CCCCCCCCc1ccc(N(c2ccccc2)c2ccc(/C=C/c3ccc(/C=C/c4ccc(N(c5ccccc5)c5ccc(CCCCCCCC)cc5)cc4)cc3)cc2)cc1. The lowest BCUT2D eigenvalue weighted by Gasteiger charge is -2.25. The highest BCUT2D eigenvalue weighted by atomic mass is 15.1. The van der Waals surface area contributed by atoms with Crippen molar-refractivity contribution in [1.29, 1.82) is 0 Å². The Morgan fingerprint density at radius 1 is 0.266 bits per heavy atom. The fourth-order valence-electron chi connectivity index (χ4n) is 8.46. The first-order valence-corrected chi connectivity index (χ1v) is 24.2. The lowest BCUT2D eigenvalue weighted by Crippen LogP contribution is -2.09. The normalized spacial score (nSPS) is 11.4. The average Bonchev–Trinajstić information content (AvgIpc) is 3.35. The molecule has 0 bridgehead atoms. The molecule has 0 heterocycles. The minimum absolute atomic E-state index is 1.15. The fraction of sp³-hybridized carbons (Fsp3) is 0.258. The molecule has 0 fully saturated rings. The monoisotopic (exact) mass is 841 g/mol. The number of benzene rings is 7. The molecule has 7 rings (SSSR count). The standard InChI is InChI=1S/C62H68N2/c1-3-5-7-9-11-15-21-51-35-43-59(44-36-51)63(57-23-17-13-18-24-57)61-47-39-55(40-48-61)33-31-53-27-29-54(30-28-53)32-34-56-41-49-62(50-42-56)64(58-25-19-14-20-26-58)60-45-37-52(38-46-60)22-16-12-10-8-6-4-2/h13-14,17-20,23-50H,3-12,15-16,21-22H2,1-2H3/b33-31+,34-32+. The van der Waals surface area contributed by atoms with Gasteiger partial charge in [-0.2, -0.15) is 0 Å². The molecular weight excluding hydrogens is 773 g/mol. The lowest BCUT2D eigenvalue weighted by molar-refractivity contribution is 0.607. The summed E-state index contributed by atoms with van der Waals surface area (Å²) in [5.74, 6) is 0. The van der Waals surface area contributed by atoms with E-state index < -0.39 is 0 Å². The molecule has 2 heteroatoms. The van der Waals surface area contributed by atoms with E-state index in [1.807, 2.05) is 0 Å². The van der Waals surface area contributed by atoms with E-state index >= 15 is 0 Å². The summed E-state index contributed by atoms with van der Waals surface area (Å²) in [4.78, 5) is 4.69. The number of nitrogens with zero attached hydrogens (tertiary/aromatic N) is 2. The Bertz CT molecular complexity index is 2240. The highest BCUT2D eigenvalue weighted by molar-refractivity contribution is 5.80. The topological polar surface area (TPSA) is 6.48 Å². The summed E-state index contributed by atoms with van der Waals surface area (Å²) in [6.07, 6.45) is 27.0. The summed E-state index contributed by atoms with van der Waals surface area (Å²) < 4.78 is 0. The zero-order chi connectivity index (χ0) is 44.0. The third kappa shape index (κ3) is 13.8. The fourth-order valence-corrected chi connectivity index (χ4v) is 8.46. The molecule has 0 amide bonds. The van der Waals surface area contributed by atoms with Gasteiger partial charge in [-0.15, -0.1) is 0 Å². The van der Waals surface area contributed by atoms with Gasteiger partial charge in [0.1, 0.15) is 0 Å². The van der Waals surface area contributed by atoms with Gasteiger partial charge in [0.15, 0.2) is 0 Å². The molecule has 0 unspecified atom stereocenters. The van der Waals surface area contributed by atoms with Gasteiger partial charge < -0.3 is 9.80 Å². The highest BCUT2D eigenvalue weighted by Crippen LogP contribution is 2.36. The smallest absolute Gasteiger partial charge is 0.0462 e. The number of aryl methyl sites for hydroxylation is 2. The highest BCUT2D eigenvalue weighted by Gasteiger charge is 2.14. The molecule has 0 atom stereocenters. The largest absolute Gasteiger partial charge is 0.311 e. The van der Waals surface area contributed by atoms with Crippen LogP contribution in [0.5, 0.6) is 0 Å². The molecule has 7 aromatic carbocycles. The van der Waals surface area contributed by atoms with Crippen LogP contribution in [-0.2, 0) is 12.8 Å². The van der Waals surface area contributed by atoms with Crippen molar-refractivity contribution < 1.29 is 0 Å². The van der Waals surface area contributed by atoms with Crippen molar-refractivity contribution in [1.82, 2.24) is 0 Å². The van der Waals surface area contributed by atoms with Crippen molar-refractivity contribution in [2.45, 2.75) is 104 Å². The molecule has 0 aromatic heterocycles. The van der Waals surface area contributed by atoms with E-state index in [9.17, 15) is 0 Å². The van der Waals surface area contributed by atoms with E-state index in [4.69, 9.17) is 0 Å². The van der Waals surface area contributed by atoms with Gasteiger partial charge in [0, 0.05) is 34.1 Å².